The molecule has 1 aromatic carbocycles. The molecule has 0 amide bonds. The van der Waals surface area contributed by atoms with Crippen LogP contribution in [0.5, 0.6) is 0 Å². The Morgan fingerprint density at radius 3 is 2.62 bits per heavy atom. The molecule has 0 aliphatic rings. The molecule has 4 nitrogen and oxygen atoms in total. The molecule has 0 saturated carbocycles. The molecule has 3 aromatic rings. The lowest BCUT2D eigenvalue weighted by Crippen LogP contribution is -1.99. The second-order valence-electron chi connectivity index (χ2n) is 4.34. The SMILES string of the molecule is Cc1c(Sc2ccc(F)c(F)c2)sc2nc(N)nc(N)c12. The fraction of sp³-hybridized carbons (Fsp3) is 0.0769. The van der Waals surface area contributed by atoms with Crippen LogP contribution in [0.3, 0.4) is 0 Å². The number of hydrogen-bond donors (Lipinski definition) is 2. The summed E-state index contributed by atoms with van der Waals surface area (Å²) in [6.07, 6.45) is 0. The molecule has 0 aliphatic heterocycles. The van der Waals surface area contributed by atoms with Crippen molar-refractivity contribution in [1.29, 1.82) is 0 Å². The predicted molar refractivity (Wildman–Crippen MR) is 81.5 cm³/mol. The molecule has 0 atom stereocenters. The van der Waals surface area contributed by atoms with E-state index in [0.717, 1.165) is 27.3 Å². The van der Waals surface area contributed by atoms with E-state index in [1.807, 2.05) is 6.92 Å². The molecule has 0 fully saturated rings. The highest BCUT2D eigenvalue weighted by molar-refractivity contribution is 8.01. The molecule has 21 heavy (non-hydrogen) atoms. The van der Waals surface area contributed by atoms with Gasteiger partial charge in [0, 0.05) is 4.90 Å². The van der Waals surface area contributed by atoms with E-state index in [0.29, 0.717) is 15.5 Å². The van der Waals surface area contributed by atoms with Gasteiger partial charge in [-0.25, -0.2) is 13.8 Å². The van der Waals surface area contributed by atoms with Gasteiger partial charge in [-0.1, -0.05) is 11.8 Å². The Bertz CT molecular complexity index is 848. The lowest BCUT2D eigenvalue weighted by atomic mass is 10.2. The summed E-state index contributed by atoms with van der Waals surface area (Å²) in [6.45, 7) is 1.89. The van der Waals surface area contributed by atoms with E-state index in [9.17, 15) is 8.78 Å². The van der Waals surface area contributed by atoms with Crippen LogP contribution in [0.4, 0.5) is 20.5 Å². The lowest BCUT2D eigenvalue weighted by Gasteiger charge is -2.01. The number of nitrogen functional groups attached to an aromatic ring is 2. The van der Waals surface area contributed by atoms with Crippen molar-refractivity contribution in [2.45, 2.75) is 16.0 Å². The fourth-order valence-corrected chi connectivity index (χ4v) is 4.30. The average Bonchev–Trinajstić information content (AvgIpc) is 2.70. The number of benzene rings is 1. The highest BCUT2D eigenvalue weighted by atomic mass is 32.2. The molecule has 0 aliphatic carbocycles. The van der Waals surface area contributed by atoms with E-state index < -0.39 is 11.6 Å². The predicted octanol–water partition coefficient (Wildman–Crippen LogP) is 3.59. The van der Waals surface area contributed by atoms with Crippen molar-refractivity contribution in [2.24, 2.45) is 0 Å². The molecule has 8 heteroatoms. The third kappa shape index (κ3) is 2.52. The molecule has 0 saturated heterocycles. The summed E-state index contributed by atoms with van der Waals surface area (Å²) in [5, 5.41) is 0.749. The summed E-state index contributed by atoms with van der Waals surface area (Å²) < 4.78 is 27.1. The van der Waals surface area contributed by atoms with Crippen molar-refractivity contribution in [2.75, 3.05) is 11.5 Å². The van der Waals surface area contributed by atoms with E-state index in [2.05, 4.69) is 9.97 Å². The number of halogens is 2. The van der Waals surface area contributed by atoms with Gasteiger partial charge in [0.25, 0.3) is 0 Å². The molecule has 4 N–H and O–H groups in total. The maximum Gasteiger partial charge on any atom is 0.223 e. The van der Waals surface area contributed by atoms with E-state index >= 15 is 0 Å². The van der Waals surface area contributed by atoms with Gasteiger partial charge in [-0.15, -0.1) is 11.3 Å². The normalized spacial score (nSPS) is 11.2. The summed E-state index contributed by atoms with van der Waals surface area (Å²) in [5.41, 5.74) is 12.3. The summed E-state index contributed by atoms with van der Waals surface area (Å²) in [6, 6.07) is 3.79. The first-order valence-corrected chi connectivity index (χ1v) is 7.54. The van der Waals surface area contributed by atoms with Gasteiger partial charge in [0.15, 0.2) is 11.6 Å². The molecule has 0 radical (unpaired) electrons. The zero-order chi connectivity index (χ0) is 15.1. The molecule has 0 bridgehead atoms. The lowest BCUT2D eigenvalue weighted by molar-refractivity contribution is 0.506. The van der Waals surface area contributed by atoms with Gasteiger partial charge in [0.1, 0.15) is 10.6 Å². The monoisotopic (exact) mass is 324 g/mol. The summed E-state index contributed by atoms with van der Waals surface area (Å²) in [5.74, 6) is -1.30. The standard InChI is InChI=1S/C13H10F2N4S2/c1-5-9-10(16)18-13(17)19-11(9)21-12(5)20-6-2-3-7(14)8(15)4-6/h2-4H,1H3,(H4,16,17,18,19). The minimum absolute atomic E-state index is 0.116. The van der Waals surface area contributed by atoms with E-state index in [1.165, 1.54) is 29.2 Å². The molecular formula is C13H10F2N4S2. The van der Waals surface area contributed by atoms with Crippen molar-refractivity contribution in [3.05, 3.63) is 35.4 Å². The largest absolute Gasteiger partial charge is 0.383 e. The number of fused-ring (bicyclic) bond motifs is 1. The van der Waals surface area contributed by atoms with Crippen LogP contribution in [0.2, 0.25) is 0 Å². The van der Waals surface area contributed by atoms with E-state index in [-0.39, 0.29) is 5.95 Å². The smallest absolute Gasteiger partial charge is 0.223 e. The Labute approximate surface area is 127 Å². The van der Waals surface area contributed by atoms with Gasteiger partial charge in [-0.05, 0) is 30.7 Å². The number of thiophene rings is 1. The molecule has 108 valence electrons. The average molecular weight is 324 g/mol. The first kappa shape index (κ1) is 14.0. The quantitative estimate of drug-likeness (QED) is 0.753. The van der Waals surface area contributed by atoms with Gasteiger partial charge in [0.05, 0.1) is 9.60 Å². The fourth-order valence-electron chi connectivity index (χ4n) is 1.91. The Balaban J connectivity index is 2.06. The number of aromatic nitrogens is 2. The second-order valence-corrected chi connectivity index (χ2v) is 6.68. The van der Waals surface area contributed by atoms with Crippen LogP contribution >= 0.6 is 23.1 Å². The molecule has 3 rings (SSSR count). The number of nitrogens with two attached hydrogens (primary N) is 2. The molecule has 2 heterocycles. The first-order chi connectivity index (χ1) is 9.95. The van der Waals surface area contributed by atoms with Crippen molar-refractivity contribution >= 4 is 45.1 Å². The molecule has 0 unspecified atom stereocenters. The topological polar surface area (TPSA) is 77.8 Å². The van der Waals surface area contributed by atoms with Crippen molar-refractivity contribution in [3.63, 3.8) is 0 Å². The van der Waals surface area contributed by atoms with Crippen molar-refractivity contribution < 1.29 is 8.78 Å². The van der Waals surface area contributed by atoms with Gasteiger partial charge in [-0.3, -0.25) is 0 Å². The second kappa shape index (κ2) is 5.12. The van der Waals surface area contributed by atoms with Crippen molar-refractivity contribution in [3.8, 4) is 0 Å². The van der Waals surface area contributed by atoms with Crippen LogP contribution in [0.25, 0.3) is 10.2 Å². The highest BCUT2D eigenvalue weighted by Crippen LogP contribution is 2.42. The number of aryl methyl sites for hydroxylation is 1. The Kier molecular flexibility index (Phi) is 3.42. The number of rotatable bonds is 2. The maximum absolute atomic E-state index is 13.3. The van der Waals surface area contributed by atoms with Crippen LogP contribution in [-0.2, 0) is 0 Å². The molecular weight excluding hydrogens is 314 g/mol. The molecule has 2 aromatic heterocycles. The van der Waals surface area contributed by atoms with Gasteiger partial charge in [0.2, 0.25) is 5.95 Å². The van der Waals surface area contributed by atoms with Crippen LogP contribution in [0.1, 0.15) is 5.56 Å². The summed E-state index contributed by atoms with van der Waals surface area (Å²) in [7, 11) is 0. The van der Waals surface area contributed by atoms with Crippen LogP contribution in [-0.4, -0.2) is 9.97 Å². The zero-order valence-corrected chi connectivity index (χ0v) is 12.5. The van der Waals surface area contributed by atoms with Crippen LogP contribution in [0, 0.1) is 18.6 Å². The number of hydrogen-bond acceptors (Lipinski definition) is 6. The minimum Gasteiger partial charge on any atom is -0.383 e. The highest BCUT2D eigenvalue weighted by Gasteiger charge is 2.15. The van der Waals surface area contributed by atoms with Crippen LogP contribution in [0.15, 0.2) is 27.3 Å². The molecule has 0 spiro atoms. The third-order valence-corrected chi connectivity index (χ3v) is 5.35. The zero-order valence-electron chi connectivity index (χ0n) is 10.9. The van der Waals surface area contributed by atoms with E-state index in [4.69, 9.17) is 11.5 Å². The van der Waals surface area contributed by atoms with E-state index in [1.54, 1.807) is 0 Å². The van der Waals surface area contributed by atoms with Gasteiger partial charge in [-0.2, -0.15) is 4.98 Å². The summed E-state index contributed by atoms with van der Waals surface area (Å²) >= 11 is 2.72. The van der Waals surface area contributed by atoms with Gasteiger partial charge >= 0.3 is 0 Å². The Hall–Kier alpha value is -1.93. The third-order valence-electron chi connectivity index (χ3n) is 2.89. The Morgan fingerprint density at radius 2 is 1.90 bits per heavy atom. The van der Waals surface area contributed by atoms with Crippen molar-refractivity contribution in [1.82, 2.24) is 9.97 Å². The summed E-state index contributed by atoms with van der Waals surface area (Å²) in [4.78, 5) is 9.37. The van der Waals surface area contributed by atoms with Crippen LogP contribution < -0.4 is 11.5 Å². The Morgan fingerprint density at radius 1 is 1.14 bits per heavy atom. The minimum atomic E-state index is -0.873. The first-order valence-electron chi connectivity index (χ1n) is 5.90. The number of anilines is 2. The van der Waals surface area contributed by atoms with Gasteiger partial charge < -0.3 is 11.5 Å². The number of nitrogens with zero attached hydrogens (tertiary/aromatic N) is 2. The maximum atomic E-state index is 13.3.